The lowest BCUT2D eigenvalue weighted by Crippen LogP contribution is -2.44. The molecule has 40 heavy (non-hydrogen) atoms. The number of rotatable bonds is 8. The van der Waals surface area contributed by atoms with E-state index in [0.717, 1.165) is 16.7 Å². The van der Waals surface area contributed by atoms with Gasteiger partial charge in [0.15, 0.2) is 12.2 Å². The summed E-state index contributed by atoms with van der Waals surface area (Å²) in [5.74, 6) is -0.692. The number of hydrogen-bond acceptors (Lipinski definition) is 5. The third-order valence-corrected chi connectivity index (χ3v) is 7.10. The van der Waals surface area contributed by atoms with Gasteiger partial charge in [-0.25, -0.2) is 4.79 Å². The summed E-state index contributed by atoms with van der Waals surface area (Å²) in [6.07, 6.45) is 3.85. The highest BCUT2D eigenvalue weighted by Crippen LogP contribution is 2.28. The van der Waals surface area contributed by atoms with Gasteiger partial charge >= 0.3 is 11.3 Å². The summed E-state index contributed by atoms with van der Waals surface area (Å²) in [6.45, 7) is 1.94. The summed E-state index contributed by atoms with van der Waals surface area (Å²) < 4.78 is 6.30. The molecule has 2 amide bonds. The number of aromatic amines is 1. The Bertz CT molecular complexity index is 1630. The van der Waals surface area contributed by atoms with E-state index >= 15 is 0 Å². The average Bonchev–Trinajstić information content (AvgIpc) is 3.39. The molecular weight excluding hydrogens is 526 g/mol. The van der Waals surface area contributed by atoms with Crippen molar-refractivity contribution in [2.75, 3.05) is 10.2 Å². The van der Waals surface area contributed by atoms with Crippen molar-refractivity contribution in [1.29, 1.82) is 0 Å². The number of anilines is 2. The lowest BCUT2D eigenvalue weighted by atomic mass is 10.1. The van der Waals surface area contributed by atoms with Crippen LogP contribution in [0.5, 0.6) is 0 Å². The highest BCUT2D eigenvalue weighted by Gasteiger charge is 2.45. The Labute approximate surface area is 236 Å². The fourth-order valence-electron chi connectivity index (χ4n) is 4.46. The number of nitrogens with one attached hydrogen (secondary N) is 2. The molecule has 9 nitrogen and oxygen atoms in total. The summed E-state index contributed by atoms with van der Waals surface area (Å²) in [5.41, 5.74) is 4.01. The van der Waals surface area contributed by atoms with Gasteiger partial charge in [-0.2, -0.15) is 0 Å². The minimum Gasteiger partial charge on any atom is -0.326 e. The van der Waals surface area contributed by atoms with Crippen molar-refractivity contribution in [1.82, 2.24) is 10.2 Å². The number of carbonyl (C=O) groups is 2. The summed E-state index contributed by atoms with van der Waals surface area (Å²) in [5, 5.41) is 5.56. The molecule has 5 rings (SSSR count). The first kappa shape index (κ1) is 26.8. The van der Waals surface area contributed by atoms with Gasteiger partial charge in [0.25, 0.3) is 5.91 Å². The molecule has 2 N–H and O–H groups in total. The van der Waals surface area contributed by atoms with Gasteiger partial charge in [0.1, 0.15) is 12.6 Å². The third kappa shape index (κ3) is 5.76. The Morgan fingerprint density at radius 3 is 2.27 bits per heavy atom. The van der Waals surface area contributed by atoms with Crippen LogP contribution in [0, 0.1) is 6.92 Å². The smallest absolute Gasteiger partial charge is 0.326 e. The van der Waals surface area contributed by atoms with E-state index in [1.165, 1.54) is 9.58 Å². The quantitative estimate of drug-likeness (QED) is 0.195. The number of thiocarbonyl (C=S) groups is 1. The van der Waals surface area contributed by atoms with Crippen molar-refractivity contribution in [2.45, 2.75) is 25.9 Å². The lowest BCUT2D eigenvalue weighted by molar-refractivity contribution is -0.746. The molecule has 1 unspecified atom stereocenters. The van der Waals surface area contributed by atoms with E-state index in [1.54, 1.807) is 24.1 Å². The van der Waals surface area contributed by atoms with Crippen molar-refractivity contribution in [2.24, 2.45) is 7.05 Å². The van der Waals surface area contributed by atoms with Gasteiger partial charge in [-0.3, -0.25) is 19.0 Å². The summed E-state index contributed by atoms with van der Waals surface area (Å²) in [4.78, 5) is 42.0. The molecule has 0 aliphatic carbocycles. The van der Waals surface area contributed by atoms with Crippen LogP contribution in [0.4, 0.5) is 11.4 Å². The predicted molar refractivity (Wildman–Crippen MR) is 156 cm³/mol. The standard InChI is InChI=1S/C30H27N5O4S/c1-20-8-16-24(17-9-20)35-28(37)25(34(30(35)40)19-26-29(38)39-32-33(26)2)18-27(36)31-23-14-12-22(13-15-23)11-10-21-6-4-3-5-7-21/h3-17,25H,18-19H2,1-2H3,(H-,31,32,36,38)/p+1/b11-10+. The van der Waals surface area contributed by atoms with Gasteiger partial charge < -0.3 is 10.2 Å². The molecule has 4 aromatic rings. The highest BCUT2D eigenvalue weighted by molar-refractivity contribution is 7.80. The molecule has 0 bridgehead atoms. The van der Waals surface area contributed by atoms with Gasteiger partial charge in [0.2, 0.25) is 5.91 Å². The molecule has 10 heteroatoms. The first-order valence-corrected chi connectivity index (χ1v) is 13.1. The van der Waals surface area contributed by atoms with Gasteiger partial charge in [-0.05, 0) is 59.8 Å². The first-order valence-electron chi connectivity index (χ1n) is 12.7. The van der Waals surface area contributed by atoms with Crippen LogP contribution in [0.2, 0.25) is 0 Å². The van der Waals surface area contributed by atoms with Crippen LogP contribution in [-0.2, 0) is 23.2 Å². The minimum atomic E-state index is -0.906. The summed E-state index contributed by atoms with van der Waals surface area (Å²) in [7, 11) is 1.62. The fraction of sp³-hybridized carbons (Fsp3) is 0.167. The number of carbonyl (C=O) groups excluding carboxylic acids is 2. The van der Waals surface area contributed by atoms with Crippen LogP contribution in [0.3, 0.4) is 0 Å². The van der Waals surface area contributed by atoms with Crippen LogP contribution < -0.4 is 20.5 Å². The monoisotopic (exact) mass is 554 g/mol. The van der Waals surface area contributed by atoms with Crippen LogP contribution in [0.1, 0.15) is 28.8 Å². The largest absolute Gasteiger partial charge is 0.431 e. The third-order valence-electron chi connectivity index (χ3n) is 6.69. The Morgan fingerprint density at radius 1 is 1.00 bits per heavy atom. The second kappa shape index (κ2) is 11.5. The second-order valence-corrected chi connectivity index (χ2v) is 9.91. The molecule has 0 spiro atoms. The number of aromatic nitrogens is 2. The van der Waals surface area contributed by atoms with Crippen molar-refractivity contribution in [3.63, 3.8) is 0 Å². The van der Waals surface area contributed by atoms with Gasteiger partial charge in [-0.1, -0.05) is 77.0 Å². The van der Waals surface area contributed by atoms with Crippen molar-refractivity contribution >= 4 is 52.7 Å². The number of amides is 2. The molecular formula is C30H28N5O4S+. The molecule has 202 valence electrons. The predicted octanol–water partition coefficient (Wildman–Crippen LogP) is 3.80. The maximum atomic E-state index is 13.6. The molecule has 1 atom stereocenters. The second-order valence-electron chi connectivity index (χ2n) is 9.54. The molecule has 2 heterocycles. The van der Waals surface area contributed by atoms with Crippen LogP contribution in [0.25, 0.3) is 12.2 Å². The molecule has 1 aromatic heterocycles. The fourth-order valence-corrected chi connectivity index (χ4v) is 4.85. The number of aryl methyl sites for hydroxylation is 2. The highest BCUT2D eigenvalue weighted by atomic mass is 32.1. The van der Waals surface area contributed by atoms with E-state index in [9.17, 15) is 14.4 Å². The number of H-pyrrole nitrogens is 1. The van der Waals surface area contributed by atoms with Crippen molar-refractivity contribution < 1.29 is 18.8 Å². The molecule has 0 radical (unpaired) electrons. The van der Waals surface area contributed by atoms with Gasteiger partial charge in [0.05, 0.1) is 12.1 Å². The van der Waals surface area contributed by atoms with E-state index < -0.39 is 11.7 Å². The van der Waals surface area contributed by atoms with Gasteiger partial charge in [-0.15, -0.1) is 0 Å². The molecule has 1 aliphatic rings. The summed E-state index contributed by atoms with van der Waals surface area (Å²) in [6, 6.07) is 23.9. The molecule has 3 aromatic carbocycles. The molecule has 1 fully saturated rings. The van der Waals surface area contributed by atoms with E-state index in [-0.39, 0.29) is 35.6 Å². The Balaban J connectivity index is 1.33. The zero-order valence-electron chi connectivity index (χ0n) is 22.0. The molecule has 1 saturated heterocycles. The van der Waals surface area contributed by atoms with Crippen LogP contribution >= 0.6 is 12.2 Å². The SMILES string of the molecule is Cc1ccc(N2C(=O)C(CC(=O)Nc3ccc(/C=C/c4ccccc4)cc3)N(Cc3c(=O)o[nH][n+]3C)C2=S)cc1. The zero-order valence-corrected chi connectivity index (χ0v) is 22.9. The normalized spacial score (nSPS) is 15.3. The zero-order chi connectivity index (χ0) is 28.2. The Kier molecular flexibility index (Phi) is 7.70. The average molecular weight is 555 g/mol. The Morgan fingerprint density at radius 2 is 1.65 bits per heavy atom. The minimum absolute atomic E-state index is 0.00430. The van der Waals surface area contributed by atoms with Crippen molar-refractivity contribution in [3.8, 4) is 0 Å². The number of nitrogens with zero attached hydrogens (tertiary/aromatic N) is 3. The Hall–Kier alpha value is -4.83. The lowest BCUT2D eigenvalue weighted by Gasteiger charge is -2.21. The van der Waals surface area contributed by atoms with E-state index in [4.69, 9.17) is 16.7 Å². The first-order chi connectivity index (χ1) is 19.3. The van der Waals surface area contributed by atoms with E-state index in [1.807, 2.05) is 85.8 Å². The number of hydrogen-bond donors (Lipinski definition) is 2. The number of benzene rings is 3. The maximum absolute atomic E-state index is 13.6. The summed E-state index contributed by atoms with van der Waals surface area (Å²) >= 11 is 5.69. The van der Waals surface area contributed by atoms with Gasteiger partial charge in [0, 0.05) is 5.69 Å². The van der Waals surface area contributed by atoms with E-state index in [0.29, 0.717) is 11.4 Å². The van der Waals surface area contributed by atoms with Crippen molar-refractivity contribution in [3.05, 3.63) is 112 Å². The van der Waals surface area contributed by atoms with Crippen LogP contribution in [0.15, 0.2) is 88.2 Å². The molecule has 0 saturated carbocycles. The topological polar surface area (TPSA) is 103 Å². The molecule has 1 aliphatic heterocycles. The van der Waals surface area contributed by atoms with E-state index in [2.05, 4.69) is 10.6 Å². The maximum Gasteiger partial charge on any atom is 0.431 e. The van der Waals surface area contributed by atoms with Crippen LogP contribution in [-0.4, -0.2) is 33.1 Å².